The van der Waals surface area contributed by atoms with E-state index >= 15 is 0 Å². The Bertz CT molecular complexity index is 662. The normalized spacial score (nSPS) is 14.2. The molecule has 4 nitrogen and oxygen atoms in total. The van der Waals surface area contributed by atoms with Gasteiger partial charge in [0.2, 0.25) is 0 Å². The first-order chi connectivity index (χ1) is 10.2. The molecule has 1 fully saturated rings. The highest BCUT2D eigenvalue weighted by Gasteiger charge is 2.27. The lowest BCUT2D eigenvalue weighted by Crippen LogP contribution is -2.25. The number of carbonyl (C=O) groups is 1. The molecule has 3 rings (SSSR count). The van der Waals surface area contributed by atoms with E-state index in [0.29, 0.717) is 18.3 Å². The Morgan fingerprint density at radius 3 is 2.81 bits per heavy atom. The van der Waals surface area contributed by atoms with Gasteiger partial charge in [0.1, 0.15) is 5.69 Å². The number of rotatable bonds is 5. The smallest absolute Gasteiger partial charge is 0.268 e. The van der Waals surface area contributed by atoms with Crippen molar-refractivity contribution < 1.29 is 9.90 Å². The molecule has 0 unspecified atom stereocenters. The van der Waals surface area contributed by atoms with Crippen LogP contribution < -0.4 is 5.32 Å². The van der Waals surface area contributed by atoms with Crippen molar-refractivity contribution in [2.45, 2.75) is 32.0 Å². The second-order valence-electron chi connectivity index (χ2n) is 5.34. The summed E-state index contributed by atoms with van der Waals surface area (Å²) < 4.78 is 2.98. The van der Waals surface area contributed by atoms with Gasteiger partial charge < -0.3 is 15.0 Å². The standard InChI is InChI=1S/C16H17BrN2O2/c17-13-7-15(19(9-13)14-4-5-14)16(21)18-8-11-2-1-3-12(6-11)10-20/h1-3,6-7,9,14,20H,4-5,8,10H2,(H,18,21). The number of carbonyl (C=O) groups excluding carboxylic acids is 1. The third kappa shape index (κ3) is 3.36. The maximum atomic E-state index is 12.3. The molecule has 1 amide bonds. The third-order valence-electron chi connectivity index (χ3n) is 3.62. The van der Waals surface area contributed by atoms with Crippen molar-refractivity contribution in [2.75, 3.05) is 0 Å². The van der Waals surface area contributed by atoms with Crippen molar-refractivity contribution in [1.29, 1.82) is 0 Å². The van der Waals surface area contributed by atoms with Crippen LogP contribution in [0.25, 0.3) is 0 Å². The number of nitrogens with zero attached hydrogens (tertiary/aromatic N) is 1. The highest BCUT2D eigenvalue weighted by atomic mass is 79.9. The lowest BCUT2D eigenvalue weighted by Gasteiger charge is -2.09. The van der Waals surface area contributed by atoms with Crippen LogP contribution in [-0.2, 0) is 13.2 Å². The zero-order chi connectivity index (χ0) is 14.8. The SMILES string of the molecule is O=C(NCc1cccc(CO)c1)c1cc(Br)cn1C1CC1. The Kier molecular flexibility index (Phi) is 4.12. The van der Waals surface area contributed by atoms with Crippen molar-refractivity contribution in [3.05, 3.63) is 57.8 Å². The molecule has 0 saturated heterocycles. The van der Waals surface area contributed by atoms with Crippen LogP contribution >= 0.6 is 15.9 Å². The first-order valence-corrected chi connectivity index (χ1v) is 7.81. The average Bonchev–Trinajstić information content (AvgIpc) is 3.27. The van der Waals surface area contributed by atoms with Gasteiger partial charge in [0.15, 0.2) is 0 Å². The summed E-state index contributed by atoms with van der Waals surface area (Å²) in [5, 5.41) is 12.1. The Balaban J connectivity index is 1.69. The summed E-state index contributed by atoms with van der Waals surface area (Å²) in [6.45, 7) is 0.472. The summed E-state index contributed by atoms with van der Waals surface area (Å²) >= 11 is 3.43. The molecule has 0 atom stereocenters. The van der Waals surface area contributed by atoms with Gasteiger partial charge in [-0.2, -0.15) is 0 Å². The van der Waals surface area contributed by atoms with Crippen molar-refractivity contribution in [1.82, 2.24) is 9.88 Å². The van der Waals surface area contributed by atoms with Crippen molar-refractivity contribution in [3.8, 4) is 0 Å². The van der Waals surface area contributed by atoms with Gasteiger partial charge >= 0.3 is 0 Å². The van der Waals surface area contributed by atoms with Gasteiger partial charge in [-0.3, -0.25) is 4.79 Å². The molecule has 1 aromatic heterocycles. The Hall–Kier alpha value is -1.59. The van der Waals surface area contributed by atoms with Crippen LogP contribution in [0.3, 0.4) is 0 Å². The summed E-state index contributed by atoms with van der Waals surface area (Å²) in [4.78, 5) is 12.3. The average molecular weight is 349 g/mol. The van der Waals surface area contributed by atoms with E-state index < -0.39 is 0 Å². The Labute approximate surface area is 131 Å². The topological polar surface area (TPSA) is 54.3 Å². The minimum atomic E-state index is -0.0676. The number of hydrogen-bond acceptors (Lipinski definition) is 2. The summed E-state index contributed by atoms with van der Waals surface area (Å²) in [6, 6.07) is 9.91. The molecular weight excluding hydrogens is 332 g/mol. The van der Waals surface area contributed by atoms with Crippen LogP contribution in [0.4, 0.5) is 0 Å². The molecule has 2 N–H and O–H groups in total. The Morgan fingerprint density at radius 1 is 1.33 bits per heavy atom. The number of nitrogens with one attached hydrogen (secondary N) is 1. The number of aliphatic hydroxyl groups is 1. The lowest BCUT2D eigenvalue weighted by atomic mass is 10.1. The van der Waals surface area contributed by atoms with Gasteiger partial charge in [-0.15, -0.1) is 0 Å². The van der Waals surface area contributed by atoms with Gasteiger partial charge in [0, 0.05) is 23.3 Å². The zero-order valence-corrected chi connectivity index (χ0v) is 13.1. The largest absolute Gasteiger partial charge is 0.392 e. The van der Waals surface area contributed by atoms with Gasteiger partial charge in [0.25, 0.3) is 5.91 Å². The Morgan fingerprint density at radius 2 is 2.10 bits per heavy atom. The highest BCUT2D eigenvalue weighted by molar-refractivity contribution is 9.10. The summed E-state index contributed by atoms with van der Waals surface area (Å²) in [6.07, 6.45) is 4.25. The van der Waals surface area contributed by atoms with E-state index in [1.165, 1.54) is 0 Å². The molecule has 0 spiro atoms. The van der Waals surface area contributed by atoms with E-state index in [-0.39, 0.29) is 12.5 Å². The minimum absolute atomic E-state index is 0.0132. The van der Waals surface area contributed by atoms with Gasteiger partial charge in [-0.1, -0.05) is 24.3 Å². The number of benzene rings is 1. The van der Waals surface area contributed by atoms with Crippen molar-refractivity contribution in [2.24, 2.45) is 0 Å². The second kappa shape index (κ2) is 6.03. The van der Waals surface area contributed by atoms with Crippen molar-refractivity contribution in [3.63, 3.8) is 0 Å². The van der Waals surface area contributed by atoms with E-state index in [0.717, 1.165) is 28.4 Å². The van der Waals surface area contributed by atoms with Gasteiger partial charge in [-0.25, -0.2) is 0 Å². The molecule has 0 bridgehead atoms. The number of amides is 1. The quantitative estimate of drug-likeness (QED) is 0.872. The van der Waals surface area contributed by atoms with Crippen LogP contribution in [0.2, 0.25) is 0 Å². The predicted molar refractivity (Wildman–Crippen MR) is 83.9 cm³/mol. The first kappa shape index (κ1) is 14.4. The van der Waals surface area contributed by atoms with E-state index in [4.69, 9.17) is 5.11 Å². The second-order valence-corrected chi connectivity index (χ2v) is 6.26. The highest BCUT2D eigenvalue weighted by Crippen LogP contribution is 2.37. The lowest BCUT2D eigenvalue weighted by molar-refractivity contribution is 0.0941. The van der Waals surface area contributed by atoms with Crippen LogP contribution in [-0.4, -0.2) is 15.6 Å². The number of hydrogen-bond donors (Lipinski definition) is 2. The fourth-order valence-corrected chi connectivity index (χ4v) is 2.83. The number of halogens is 1. The molecule has 0 radical (unpaired) electrons. The number of aliphatic hydroxyl groups excluding tert-OH is 1. The maximum absolute atomic E-state index is 12.3. The molecule has 5 heteroatoms. The summed E-state index contributed by atoms with van der Waals surface area (Å²) in [7, 11) is 0. The molecule has 1 saturated carbocycles. The number of aromatic nitrogens is 1. The third-order valence-corrected chi connectivity index (χ3v) is 4.05. The first-order valence-electron chi connectivity index (χ1n) is 7.01. The van der Waals surface area contributed by atoms with E-state index in [2.05, 4.69) is 21.2 Å². The molecule has 2 aromatic rings. The molecule has 1 aliphatic rings. The van der Waals surface area contributed by atoms with Crippen LogP contribution in [0.5, 0.6) is 0 Å². The minimum Gasteiger partial charge on any atom is -0.392 e. The van der Waals surface area contributed by atoms with Crippen LogP contribution in [0.15, 0.2) is 41.0 Å². The van der Waals surface area contributed by atoms with E-state index in [1.807, 2.05) is 41.1 Å². The van der Waals surface area contributed by atoms with Gasteiger partial charge in [0.05, 0.1) is 6.61 Å². The molecular formula is C16H17BrN2O2. The summed E-state index contributed by atoms with van der Waals surface area (Å²) in [5.41, 5.74) is 2.53. The molecule has 110 valence electrons. The monoisotopic (exact) mass is 348 g/mol. The molecule has 1 heterocycles. The van der Waals surface area contributed by atoms with Crippen LogP contribution in [0, 0.1) is 0 Å². The summed E-state index contributed by atoms with van der Waals surface area (Å²) in [5.74, 6) is -0.0676. The molecule has 1 aliphatic carbocycles. The molecule has 21 heavy (non-hydrogen) atoms. The van der Waals surface area contributed by atoms with E-state index in [1.54, 1.807) is 0 Å². The van der Waals surface area contributed by atoms with Gasteiger partial charge in [-0.05, 0) is 46.0 Å². The maximum Gasteiger partial charge on any atom is 0.268 e. The van der Waals surface area contributed by atoms with Crippen LogP contribution in [0.1, 0.15) is 40.5 Å². The fraction of sp³-hybridized carbons (Fsp3) is 0.312. The van der Waals surface area contributed by atoms with Crippen molar-refractivity contribution >= 4 is 21.8 Å². The van der Waals surface area contributed by atoms with E-state index in [9.17, 15) is 4.79 Å². The molecule has 1 aromatic carbocycles. The fourth-order valence-electron chi connectivity index (χ4n) is 2.39. The zero-order valence-electron chi connectivity index (χ0n) is 11.6. The predicted octanol–water partition coefficient (Wildman–Crippen LogP) is 3.01. The molecule has 0 aliphatic heterocycles.